The number of likely N-dealkylation sites (tertiary alicyclic amines) is 1. The number of benzene rings is 1. The van der Waals surface area contributed by atoms with E-state index in [-0.39, 0.29) is 6.03 Å². The Kier molecular flexibility index (Phi) is 6.12. The summed E-state index contributed by atoms with van der Waals surface area (Å²) in [6.07, 6.45) is 5.55. The average molecular weight is 341 g/mol. The molecular weight excluding hydrogens is 314 g/mol. The molecule has 1 unspecified atom stereocenters. The van der Waals surface area contributed by atoms with Crippen molar-refractivity contribution < 1.29 is 9.21 Å². The lowest BCUT2D eigenvalue weighted by Crippen LogP contribution is -2.37. The summed E-state index contributed by atoms with van der Waals surface area (Å²) in [5.41, 5.74) is 2.38. The molecule has 2 aromatic rings. The quantitative estimate of drug-likeness (QED) is 0.840. The van der Waals surface area contributed by atoms with Crippen LogP contribution in [0.2, 0.25) is 0 Å². The van der Waals surface area contributed by atoms with Crippen LogP contribution in [0.15, 0.2) is 53.3 Å². The first kappa shape index (κ1) is 17.5. The van der Waals surface area contributed by atoms with Gasteiger partial charge in [-0.15, -0.1) is 0 Å². The third kappa shape index (κ3) is 5.36. The highest BCUT2D eigenvalue weighted by Crippen LogP contribution is 2.21. The van der Waals surface area contributed by atoms with E-state index >= 15 is 0 Å². The molecule has 1 fully saturated rings. The minimum Gasteiger partial charge on any atom is -0.472 e. The van der Waals surface area contributed by atoms with E-state index < -0.39 is 0 Å². The van der Waals surface area contributed by atoms with Crippen molar-refractivity contribution in [3.63, 3.8) is 0 Å². The molecule has 1 aromatic carbocycles. The van der Waals surface area contributed by atoms with Gasteiger partial charge in [-0.2, -0.15) is 0 Å². The Morgan fingerprint density at radius 1 is 1.28 bits per heavy atom. The second kappa shape index (κ2) is 8.72. The Morgan fingerprint density at radius 3 is 2.88 bits per heavy atom. The molecule has 2 amide bonds. The van der Waals surface area contributed by atoms with Crippen molar-refractivity contribution in [2.24, 2.45) is 5.92 Å². The van der Waals surface area contributed by atoms with Crippen LogP contribution in [-0.4, -0.2) is 42.5 Å². The van der Waals surface area contributed by atoms with Crippen LogP contribution in [0.3, 0.4) is 0 Å². The summed E-state index contributed by atoms with van der Waals surface area (Å²) < 4.78 is 5.03. The molecule has 1 aromatic heterocycles. The molecule has 0 saturated carbocycles. The molecule has 1 saturated heterocycles. The van der Waals surface area contributed by atoms with Crippen LogP contribution in [0.1, 0.15) is 24.0 Å². The zero-order chi connectivity index (χ0) is 17.5. The van der Waals surface area contributed by atoms with E-state index in [0.29, 0.717) is 12.5 Å². The van der Waals surface area contributed by atoms with Crippen LogP contribution < -0.4 is 5.32 Å². The highest BCUT2D eigenvalue weighted by molar-refractivity contribution is 5.73. The van der Waals surface area contributed by atoms with Crippen molar-refractivity contribution in [3.05, 3.63) is 60.1 Å². The molecule has 0 radical (unpaired) electrons. The molecule has 0 spiro atoms. The van der Waals surface area contributed by atoms with Gasteiger partial charge in [-0.05, 0) is 36.9 Å². The first-order valence-electron chi connectivity index (χ1n) is 8.97. The van der Waals surface area contributed by atoms with Gasteiger partial charge in [-0.1, -0.05) is 30.3 Å². The van der Waals surface area contributed by atoms with Gasteiger partial charge in [0.25, 0.3) is 0 Å². The number of nitrogens with one attached hydrogen (secondary N) is 1. The topological polar surface area (TPSA) is 48.7 Å². The Balaban J connectivity index is 1.33. The SMILES string of the molecule is CN(Cc1ccoc1)C(=O)NCCC1CCN(Cc2ccccc2)C1. The predicted molar refractivity (Wildman–Crippen MR) is 98.0 cm³/mol. The van der Waals surface area contributed by atoms with Gasteiger partial charge in [0.1, 0.15) is 0 Å². The van der Waals surface area contributed by atoms with E-state index in [1.165, 1.54) is 12.0 Å². The second-order valence-electron chi connectivity index (χ2n) is 6.88. The number of furan rings is 1. The van der Waals surface area contributed by atoms with Gasteiger partial charge < -0.3 is 14.6 Å². The van der Waals surface area contributed by atoms with Gasteiger partial charge in [0.05, 0.1) is 19.1 Å². The lowest BCUT2D eigenvalue weighted by atomic mass is 10.1. The number of hydrogen-bond donors (Lipinski definition) is 1. The van der Waals surface area contributed by atoms with Crippen molar-refractivity contribution in [3.8, 4) is 0 Å². The molecule has 0 aliphatic carbocycles. The lowest BCUT2D eigenvalue weighted by molar-refractivity contribution is 0.206. The number of amides is 2. The predicted octanol–water partition coefficient (Wildman–Crippen LogP) is 3.33. The summed E-state index contributed by atoms with van der Waals surface area (Å²) in [6, 6.07) is 12.5. The maximum Gasteiger partial charge on any atom is 0.317 e. The third-order valence-corrected chi connectivity index (χ3v) is 4.79. The molecule has 5 nitrogen and oxygen atoms in total. The summed E-state index contributed by atoms with van der Waals surface area (Å²) in [7, 11) is 1.81. The first-order chi connectivity index (χ1) is 12.2. The van der Waals surface area contributed by atoms with Gasteiger partial charge in [0, 0.05) is 32.2 Å². The van der Waals surface area contributed by atoms with Crippen molar-refractivity contribution in [1.82, 2.24) is 15.1 Å². The normalized spacial score (nSPS) is 17.6. The van der Waals surface area contributed by atoms with Gasteiger partial charge in [0.15, 0.2) is 0 Å². The number of urea groups is 1. The van der Waals surface area contributed by atoms with Crippen LogP contribution in [0.25, 0.3) is 0 Å². The molecule has 1 aliphatic heterocycles. The van der Waals surface area contributed by atoms with Crippen molar-refractivity contribution in [2.75, 3.05) is 26.7 Å². The Bertz CT molecular complexity index is 642. The second-order valence-corrected chi connectivity index (χ2v) is 6.88. The molecule has 25 heavy (non-hydrogen) atoms. The minimum absolute atomic E-state index is 0.0275. The number of carbonyl (C=O) groups excluding carboxylic acids is 1. The standard InChI is InChI=1S/C20H27N3O2/c1-22(13-19-9-12-25-16-19)20(24)21-10-7-18-8-11-23(15-18)14-17-5-3-2-4-6-17/h2-6,9,12,16,18H,7-8,10-11,13-15H2,1H3,(H,21,24). The van der Waals surface area contributed by atoms with E-state index in [9.17, 15) is 4.79 Å². The number of hydrogen-bond acceptors (Lipinski definition) is 3. The highest BCUT2D eigenvalue weighted by atomic mass is 16.3. The molecule has 1 atom stereocenters. The van der Waals surface area contributed by atoms with Crippen LogP contribution in [0.4, 0.5) is 4.79 Å². The molecular formula is C20H27N3O2. The fraction of sp³-hybridized carbons (Fsp3) is 0.450. The van der Waals surface area contributed by atoms with Crippen LogP contribution >= 0.6 is 0 Å². The Hall–Kier alpha value is -2.27. The van der Waals surface area contributed by atoms with Gasteiger partial charge >= 0.3 is 6.03 Å². The summed E-state index contributed by atoms with van der Waals surface area (Å²) in [5.74, 6) is 0.670. The van der Waals surface area contributed by atoms with Crippen molar-refractivity contribution in [2.45, 2.75) is 25.9 Å². The fourth-order valence-corrected chi connectivity index (χ4v) is 3.38. The van der Waals surface area contributed by atoms with Crippen LogP contribution in [0.5, 0.6) is 0 Å². The first-order valence-corrected chi connectivity index (χ1v) is 8.97. The third-order valence-electron chi connectivity index (χ3n) is 4.79. The summed E-state index contributed by atoms with van der Waals surface area (Å²) in [6.45, 7) is 4.59. The van der Waals surface area contributed by atoms with E-state index in [2.05, 4.69) is 40.5 Å². The molecule has 1 N–H and O–H groups in total. The highest BCUT2D eigenvalue weighted by Gasteiger charge is 2.22. The summed E-state index contributed by atoms with van der Waals surface area (Å²) >= 11 is 0. The molecule has 1 aliphatic rings. The minimum atomic E-state index is -0.0275. The maximum absolute atomic E-state index is 12.1. The molecule has 0 bridgehead atoms. The Labute approximate surface area is 149 Å². The summed E-state index contributed by atoms with van der Waals surface area (Å²) in [5, 5.41) is 3.02. The largest absolute Gasteiger partial charge is 0.472 e. The van der Waals surface area contributed by atoms with E-state index in [1.807, 2.05) is 6.07 Å². The number of rotatable bonds is 7. The molecule has 5 heteroatoms. The zero-order valence-corrected chi connectivity index (χ0v) is 14.9. The zero-order valence-electron chi connectivity index (χ0n) is 14.9. The summed E-state index contributed by atoms with van der Waals surface area (Å²) in [4.78, 5) is 16.3. The van der Waals surface area contributed by atoms with Crippen molar-refractivity contribution in [1.29, 1.82) is 0 Å². The smallest absolute Gasteiger partial charge is 0.317 e. The molecule has 3 rings (SSSR count). The van der Waals surface area contributed by atoms with E-state index in [4.69, 9.17) is 4.42 Å². The Morgan fingerprint density at radius 2 is 2.12 bits per heavy atom. The van der Waals surface area contributed by atoms with Crippen molar-refractivity contribution >= 4 is 6.03 Å². The fourth-order valence-electron chi connectivity index (χ4n) is 3.38. The number of nitrogens with zero attached hydrogens (tertiary/aromatic N) is 2. The van der Waals surface area contributed by atoms with E-state index in [1.54, 1.807) is 24.5 Å². The molecule has 2 heterocycles. The monoisotopic (exact) mass is 341 g/mol. The van der Waals surface area contributed by atoms with Crippen LogP contribution in [0, 0.1) is 5.92 Å². The lowest BCUT2D eigenvalue weighted by Gasteiger charge is -2.18. The average Bonchev–Trinajstić information content (AvgIpc) is 3.28. The van der Waals surface area contributed by atoms with E-state index in [0.717, 1.165) is 38.2 Å². The number of carbonyl (C=O) groups is 1. The van der Waals surface area contributed by atoms with Gasteiger partial charge in [-0.3, -0.25) is 4.90 Å². The van der Waals surface area contributed by atoms with Gasteiger partial charge in [0.2, 0.25) is 0 Å². The molecule has 134 valence electrons. The maximum atomic E-state index is 12.1. The van der Waals surface area contributed by atoms with Gasteiger partial charge in [-0.25, -0.2) is 4.79 Å². The van der Waals surface area contributed by atoms with Crippen LogP contribution in [-0.2, 0) is 13.1 Å².